The minimum absolute atomic E-state index is 0.153. The lowest BCUT2D eigenvalue weighted by Crippen LogP contribution is -2.09. The highest BCUT2D eigenvalue weighted by molar-refractivity contribution is 5.97. The van der Waals surface area contributed by atoms with Crippen molar-refractivity contribution >= 4 is 11.4 Å². The summed E-state index contributed by atoms with van der Waals surface area (Å²) >= 11 is 0. The molecule has 3 aromatic rings. The Labute approximate surface area is 147 Å². The number of carbonyl (C=O) groups excluding carboxylic acids is 1. The van der Waals surface area contributed by atoms with Gasteiger partial charge in [0.1, 0.15) is 5.69 Å². The molecule has 4 heteroatoms. The Kier molecular flexibility index (Phi) is 4.04. The van der Waals surface area contributed by atoms with Crippen LogP contribution in [-0.2, 0) is 6.42 Å². The maximum atomic E-state index is 13.1. The standard InChI is InChI=1S/C21H22N2O2/c1-3-25-19-9-6-12-23-20(14(2)22-21(19)23)18(24)13-16-11-10-15-7-4-5-8-17(15)16/h4-9,12,16H,3,10-11,13H2,1-2H3/t16-/m1/s1. The molecule has 2 aromatic heterocycles. The first-order valence-corrected chi connectivity index (χ1v) is 8.90. The first-order valence-electron chi connectivity index (χ1n) is 8.90. The molecule has 25 heavy (non-hydrogen) atoms. The van der Waals surface area contributed by atoms with Gasteiger partial charge in [0.15, 0.2) is 17.2 Å². The van der Waals surface area contributed by atoms with Gasteiger partial charge in [-0.05, 0) is 55.9 Å². The number of imidazole rings is 1. The van der Waals surface area contributed by atoms with Crippen molar-refractivity contribution in [1.29, 1.82) is 0 Å². The lowest BCUT2D eigenvalue weighted by atomic mass is 9.94. The Hall–Kier alpha value is -2.62. The first kappa shape index (κ1) is 15.9. The average Bonchev–Trinajstić information content (AvgIpc) is 3.16. The highest BCUT2D eigenvalue weighted by atomic mass is 16.5. The summed E-state index contributed by atoms with van der Waals surface area (Å²) in [5, 5.41) is 0. The van der Waals surface area contributed by atoms with Crippen LogP contribution in [0.15, 0.2) is 42.6 Å². The number of aromatic nitrogens is 2. The third-order valence-electron chi connectivity index (χ3n) is 5.04. The van der Waals surface area contributed by atoms with Gasteiger partial charge in [-0.1, -0.05) is 24.3 Å². The van der Waals surface area contributed by atoms with Crippen LogP contribution in [0.3, 0.4) is 0 Å². The molecule has 128 valence electrons. The number of carbonyl (C=O) groups is 1. The molecule has 0 spiro atoms. The van der Waals surface area contributed by atoms with E-state index < -0.39 is 0 Å². The van der Waals surface area contributed by atoms with Gasteiger partial charge >= 0.3 is 0 Å². The molecule has 2 heterocycles. The van der Waals surface area contributed by atoms with Crippen molar-refractivity contribution in [1.82, 2.24) is 9.38 Å². The van der Waals surface area contributed by atoms with Crippen molar-refractivity contribution in [3.8, 4) is 5.75 Å². The minimum Gasteiger partial charge on any atom is -0.490 e. The van der Waals surface area contributed by atoms with Gasteiger partial charge < -0.3 is 4.74 Å². The van der Waals surface area contributed by atoms with Crippen LogP contribution in [0, 0.1) is 6.92 Å². The number of pyridine rings is 1. The van der Waals surface area contributed by atoms with Gasteiger partial charge in [0.05, 0.1) is 12.3 Å². The fourth-order valence-corrected chi connectivity index (χ4v) is 3.94. The zero-order valence-electron chi connectivity index (χ0n) is 14.7. The van der Waals surface area contributed by atoms with E-state index in [1.165, 1.54) is 11.1 Å². The van der Waals surface area contributed by atoms with Crippen molar-refractivity contribution in [3.63, 3.8) is 0 Å². The number of Topliss-reactive ketones (excluding diaryl/α,β-unsaturated/α-hetero) is 1. The van der Waals surface area contributed by atoms with Gasteiger partial charge in [-0.25, -0.2) is 4.98 Å². The normalized spacial score (nSPS) is 16.2. The highest BCUT2D eigenvalue weighted by Crippen LogP contribution is 2.36. The topological polar surface area (TPSA) is 43.6 Å². The summed E-state index contributed by atoms with van der Waals surface area (Å²) in [5.41, 5.74) is 4.88. The van der Waals surface area contributed by atoms with Crippen molar-refractivity contribution in [2.75, 3.05) is 6.61 Å². The van der Waals surface area contributed by atoms with Crippen molar-refractivity contribution in [2.45, 2.75) is 39.0 Å². The van der Waals surface area contributed by atoms with Crippen LogP contribution < -0.4 is 4.74 Å². The molecule has 0 bridgehead atoms. The Morgan fingerprint density at radius 2 is 2.12 bits per heavy atom. The van der Waals surface area contributed by atoms with E-state index in [0.717, 1.165) is 29.9 Å². The summed E-state index contributed by atoms with van der Waals surface area (Å²) < 4.78 is 7.53. The molecule has 0 amide bonds. The van der Waals surface area contributed by atoms with Crippen LogP contribution >= 0.6 is 0 Å². The van der Waals surface area contributed by atoms with E-state index in [2.05, 4.69) is 29.2 Å². The van der Waals surface area contributed by atoms with Crippen LogP contribution in [0.1, 0.15) is 53.0 Å². The predicted octanol–water partition coefficient (Wildman–Crippen LogP) is 4.34. The van der Waals surface area contributed by atoms with Crippen LogP contribution in [0.2, 0.25) is 0 Å². The molecule has 0 unspecified atom stereocenters. The van der Waals surface area contributed by atoms with Gasteiger partial charge in [-0.3, -0.25) is 9.20 Å². The molecule has 0 saturated carbocycles. The van der Waals surface area contributed by atoms with Crippen LogP contribution in [0.25, 0.3) is 5.65 Å². The third-order valence-corrected chi connectivity index (χ3v) is 5.04. The number of aryl methyl sites for hydroxylation is 2. The van der Waals surface area contributed by atoms with Gasteiger partial charge in [0, 0.05) is 12.6 Å². The molecule has 1 aliphatic rings. The molecule has 1 aromatic carbocycles. The van der Waals surface area contributed by atoms with Crippen molar-refractivity contribution in [3.05, 3.63) is 65.1 Å². The first-order chi connectivity index (χ1) is 12.2. The smallest absolute Gasteiger partial charge is 0.182 e. The van der Waals surface area contributed by atoms with Gasteiger partial charge in [-0.15, -0.1) is 0 Å². The molecule has 1 aliphatic carbocycles. The SMILES string of the molecule is CCOc1cccn2c(C(=O)C[C@H]3CCc4ccccc43)c(C)nc12. The number of nitrogens with zero attached hydrogens (tertiary/aromatic N) is 2. The largest absolute Gasteiger partial charge is 0.490 e. The molecule has 0 fully saturated rings. The Morgan fingerprint density at radius 3 is 2.96 bits per heavy atom. The molecule has 0 aliphatic heterocycles. The van der Waals surface area contributed by atoms with E-state index in [9.17, 15) is 4.79 Å². The third kappa shape index (κ3) is 2.72. The minimum atomic E-state index is 0.153. The number of ketones is 1. The highest BCUT2D eigenvalue weighted by Gasteiger charge is 2.27. The monoisotopic (exact) mass is 334 g/mol. The van der Waals surface area contributed by atoms with Crippen LogP contribution in [-0.4, -0.2) is 21.8 Å². The molecule has 1 atom stereocenters. The van der Waals surface area contributed by atoms with Gasteiger partial charge in [0.2, 0.25) is 0 Å². The molecule has 4 nitrogen and oxygen atoms in total. The molecular weight excluding hydrogens is 312 g/mol. The number of hydrogen-bond donors (Lipinski definition) is 0. The lowest BCUT2D eigenvalue weighted by molar-refractivity contribution is 0.0967. The predicted molar refractivity (Wildman–Crippen MR) is 97.5 cm³/mol. The van der Waals surface area contributed by atoms with Crippen LogP contribution in [0.5, 0.6) is 5.75 Å². The maximum Gasteiger partial charge on any atom is 0.182 e. The van der Waals surface area contributed by atoms with Crippen molar-refractivity contribution in [2.24, 2.45) is 0 Å². The summed E-state index contributed by atoms with van der Waals surface area (Å²) in [6.07, 6.45) is 4.54. The fourth-order valence-electron chi connectivity index (χ4n) is 3.94. The second-order valence-electron chi connectivity index (χ2n) is 6.61. The Morgan fingerprint density at radius 1 is 1.28 bits per heavy atom. The maximum absolute atomic E-state index is 13.1. The number of hydrogen-bond acceptors (Lipinski definition) is 3. The summed E-state index contributed by atoms with van der Waals surface area (Å²) in [6, 6.07) is 12.3. The van der Waals surface area contributed by atoms with E-state index in [4.69, 9.17) is 4.74 Å². The van der Waals surface area contributed by atoms with Crippen molar-refractivity contribution < 1.29 is 9.53 Å². The van der Waals surface area contributed by atoms with E-state index in [-0.39, 0.29) is 5.78 Å². The Balaban J connectivity index is 1.67. The van der Waals surface area contributed by atoms with E-state index in [1.807, 2.05) is 36.6 Å². The van der Waals surface area contributed by atoms with E-state index >= 15 is 0 Å². The molecule has 4 rings (SSSR count). The second-order valence-corrected chi connectivity index (χ2v) is 6.61. The van der Waals surface area contributed by atoms with E-state index in [1.54, 1.807) is 0 Å². The molecule has 0 radical (unpaired) electrons. The fraction of sp³-hybridized carbons (Fsp3) is 0.333. The molecule has 0 saturated heterocycles. The summed E-state index contributed by atoms with van der Waals surface area (Å²) in [7, 11) is 0. The van der Waals surface area contributed by atoms with Crippen LogP contribution in [0.4, 0.5) is 0 Å². The quantitative estimate of drug-likeness (QED) is 0.652. The number of benzene rings is 1. The summed E-state index contributed by atoms with van der Waals surface area (Å²) in [4.78, 5) is 17.7. The van der Waals surface area contributed by atoms with Gasteiger partial charge in [-0.2, -0.15) is 0 Å². The number of fused-ring (bicyclic) bond motifs is 2. The second kappa shape index (κ2) is 6.36. The Bertz CT molecular complexity index is 942. The number of ether oxygens (including phenoxy) is 1. The summed E-state index contributed by atoms with van der Waals surface area (Å²) in [5.74, 6) is 1.18. The zero-order valence-corrected chi connectivity index (χ0v) is 14.7. The zero-order chi connectivity index (χ0) is 17.4. The van der Waals surface area contributed by atoms with E-state index in [0.29, 0.717) is 24.6 Å². The lowest BCUT2D eigenvalue weighted by Gasteiger charge is -2.11. The molecule has 0 N–H and O–H groups in total. The van der Waals surface area contributed by atoms with Gasteiger partial charge in [0.25, 0.3) is 0 Å². The average molecular weight is 334 g/mol. The number of rotatable bonds is 5. The molecular formula is C21H22N2O2. The summed E-state index contributed by atoms with van der Waals surface area (Å²) in [6.45, 7) is 4.43.